The highest BCUT2D eigenvalue weighted by Crippen LogP contribution is 2.49. The highest BCUT2D eigenvalue weighted by Gasteiger charge is 2.24. The summed E-state index contributed by atoms with van der Waals surface area (Å²) in [6, 6.07) is 11.7. The number of carbonyl (C=O) groups is 2. The molecule has 7 nitrogen and oxygen atoms in total. The molecule has 0 saturated carbocycles. The number of hydrogen-bond acceptors (Lipinski definition) is 6. The lowest BCUT2D eigenvalue weighted by Crippen LogP contribution is -2.43. The maximum absolute atomic E-state index is 12.7. The van der Waals surface area contributed by atoms with E-state index < -0.39 is 25.5 Å². The summed E-state index contributed by atoms with van der Waals surface area (Å²) in [7, 11) is 0.758. The number of amides is 1. The van der Waals surface area contributed by atoms with Gasteiger partial charge in [0.2, 0.25) is 0 Å². The predicted molar refractivity (Wildman–Crippen MR) is 115 cm³/mol. The van der Waals surface area contributed by atoms with E-state index in [-0.39, 0.29) is 6.16 Å². The van der Waals surface area contributed by atoms with E-state index in [9.17, 15) is 14.2 Å². The van der Waals surface area contributed by atoms with Crippen LogP contribution in [0.2, 0.25) is 0 Å². The molecule has 2 aromatic rings. The molecule has 2 rings (SSSR count). The number of methoxy groups -OCH3 is 1. The van der Waals surface area contributed by atoms with E-state index in [0.717, 1.165) is 16.7 Å². The Hall–Kier alpha value is -2.47. The fourth-order valence-corrected chi connectivity index (χ4v) is 4.00. The van der Waals surface area contributed by atoms with Crippen LogP contribution in [0.15, 0.2) is 42.5 Å². The molecule has 0 spiro atoms. The zero-order valence-electron chi connectivity index (χ0n) is 17.9. The summed E-state index contributed by atoms with van der Waals surface area (Å²) >= 11 is 0. The number of benzene rings is 2. The number of hydrogen-bond donors (Lipinski definition) is 1. The van der Waals surface area contributed by atoms with Crippen molar-refractivity contribution in [2.45, 2.75) is 32.5 Å². The topological polar surface area (TPSA) is 90.9 Å². The Labute approximate surface area is 177 Å². The minimum absolute atomic E-state index is 0.0967. The number of carbonyl (C=O) groups excluding carboxylic acids is 2. The van der Waals surface area contributed by atoms with E-state index in [1.165, 1.54) is 21.3 Å². The van der Waals surface area contributed by atoms with Gasteiger partial charge in [0.15, 0.2) is 0 Å². The van der Waals surface area contributed by atoms with Gasteiger partial charge in [-0.25, -0.2) is 4.79 Å². The summed E-state index contributed by atoms with van der Waals surface area (Å²) in [5.41, 5.74) is 4.28. The van der Waals surface area contributed by atoms with Crippen LogP contribution in [0.25, 0.3) is 0 Å². The molecule has 2 aromatic carbocycles. The van der Waals surface area contributed by atoms with Gasteiger partial charge in [-0.05, 0) is 48.2 Å². The summed E-state index contributed by atoms with van der Waals surface area (Å²) in [6.45, 7) is 4.01. The molecular formula is C22H28NO6P. The van der Waals surface area contributed by atoms with Crippen molar-refractivity contribution in [2.75, 3.05) is 21.3 Å². The van der Waals surface area contributed by atoms with Crippen LogP contribution in [0.3, 0.4) is 0 Å². The zero-order valence-corrected chi connectivity index (χ0v) is 18.8. The van der Waals surface area contributed by atoms with Gasteiger partial charge in [-0.3, -0.25) is 9.36 Å². The molecular weight excluding hydrogens is 405 g/mol. The number of aryl methyl sites for hydroxylation is 2. The second-order valence-corrected chi connectivity index (χ2v) is 9.27. The molecule has 8 heteroatoms. The third-order valence-electron chi connectivity index (χ3n) is 4.95. The van der Waals surface area contributed by atoms with Gasteiger partial charge in [0.05, 0.1) is 13.3 Å². The highest BCUT2D eigenvalue weighted by atomic mass is 31.2. The smallest absolute Gasteiger partial charge is 0.334 e. The first-order valence-corrected chi connectivity index (χ1v) is 11.2. The van der Waals surface area contributed by atoms with Crippen LogP contribution in [-0.4, -0.2) is 39.2 Å². The quantitative estimate of drug-likeness (QED) is 0.478. The van der Waals surface area contributed by atoms with Crippen molar-refractivity contribution in [3.63, 3.8) is 0 Å². The van der Waals surface area contributed by atoms with E-state index in [2.05, 4.69) is 5.32 Å². The van der Waals surface area contributed by atoms with Gasteiger partial charge in [-0.2, -0.15) is 0 Å². The number of ether oxygens (including phenoxy) is 1. The fraction of sp³-hybridized carbons (Fsp3) is 0.364. The monoisotopic (exact) mass is 433 g/mol. The highest BCUT2D eigenvalue weighted by molar-refractivity contribution is 7.52. The number of rotatable bonds is 9. The van der Waals surface area contributed by atoms with Crippen molar-refractivity contribution in [1.82, 2.24) is 5.32 Å². The van der Waals surface area contributed by atoms with Crippen molar-refractivity contribution in [1.29, 1.82) is 0 Å². The number of nitrogens with one attached hydrogen (secondary N) is 1. The molecule has 1 N–H and O–H groups in total. The first-order chi connectivity index (χ1) is 14.2. The van der Waals surface area contributed by atoms with Gasteiger partial charge in [-0.1, -0.05) is 30.3 Å². The average molecular weight is 433 g/mol. The molecule has 0 bridgehead atoms. The maximum atomic E-state index is 12.7. The number of esters is 1. The van der Waals surface area contributed by atoms with Crippen molar-refractivity contribution in [3.8, 4) is 0 Å². The van der Waals surface area contributed by atoms with Gasteiger partial charge in [0.1, 0.15) is 6.04 Å². The molecule has 0 unspecified atom stereocenters. The first kappa shape index (κ1) is 23.8. The molecule has 162 valence electrons. The minimum Gasteiger partial charge on any atom is -0.467 e. The lowest BCUT2D eigenvalue weighted by atomic mass is 10.0. The van der Waals surface area contributed by atoms with Crippen LogP contribution in [0.5, 0.6) is 0 Å². The Morgan fingerprint density at radius 3 is 2.07 bits per heavy atom. The SMILES string of the molecule is COC(=O)[C@@H](Cc1ccc(C)c(C)c1)NC(=O)c1ccc(CP(=O)(OC)OC)cc1. The Kier molecular flexibility index (Phi) is 8.35. The largest absolute Gasteiger partial charge is 0.467 e. The zero-order chi connectivity index (χ0) is 22.3. The second-order valence-electron chi connectivity index (χ2n) is 7.00. The predicted octanol–water partition coefficient (Wildman–Crippen LogP) is 3.80. The van der Waals surface area contributed by atoms with Gasteiger partial charge in [0.25, 0.3) is 5.91 Å². The summed E-state index contributed by atoms with van der Waals surface area (Å²) in [5, 5.41) is 2.74. The van der Waals surface area contributed by atoms with Crippen LogP contribution in [0, 0.1) is 13.8 Å². The molecule has 30 heavy (non-hydrogen) atoms. The first-order valence-electron chi connectivity index (χ1n) is 9.45. The van der Waals surface area contributed by atoms with E-state index in [0.29, 0.717) is 17.5 Å². The normalized spacial score (nSPS) is 12.3. The maximum Gasteiger partial charge on any atom is 0.334 e. The third-order valence-corrected chi connectivity index (χ3v) is 6.82. The summed E-state index contributed by atoms with van der Waals surface area (Å²) in [5.74, 6) is -0.915. The van der Waals surface area contributed by atoms with Crippen molar-refractivity contribution in [3.05, 3.63) is 70.3 Å². The van der Waals surface area contributed by atoms with Crippen LogP contribution in [0.1, 0.15) is 32.6 Å². The molecule has 1 amide bonds. The van der Waals surface area contributed by atoms with E-state index >= 15 is 0 Å². The molecule has 0 radical (unpaired) electrons. The van der Waals surface area contributed by atoms with Crippen molar-refractivity contribution >= 4 is 19.5 Å². The van der Waals surface area contributed by atoms with Gasteiger partial charge < -0.3 is 19.1 Å². The van der Waals surface area contributed by atoms with Crippen molar-refractivity contribution < 1.29 is 27.9 Å². The molecule has 0 aliphatic carbocycles. The van der Waals surface area contributed by atoms with E-state index in [4.69, 9.17) is 13.8 Å². The van der Waals surface area contributed by atoms with Crippen LogP contribution in [0.4, 0.5) is 0 Å². The summed E-state index contributed by atoms with van der Waals surface area (Å²) in [4.78, 5) is 24.9. The van der Waals surface area contributed by atoms with Gasteiger partial charge in [-0.15, -0.1) is 0 Å². The van der Waals surface area contributed by atoms with Crippen LogP contribution < -0.4 is 5.32 Å². The Morgan fingerprint density at radius 1 is 0.933 bits per heavy atom. The van der Waals surface area contributed by atoms with E-state index in [1.807, 2.05) is 32.0 Å². The van der Waals surface area contributed by atoms with Crippen LogP contribution >= 0.6 is 7.60 Å². The van der Waals surface area contributed by atoms with Crippen LogP contribution in [-0.2, 0) is 35.7 Å². The molecule has 0 aliphatic rings. The standard InChI is InChI=1S/C22H28NO6P/c1-15-6-7-18(12-16(15)2)13-20(22(25)27-3)23-21(24)19-10-8-17(9-11-19)14-30(26,28-4)29-5/h6-12,20H,13-14H2,1-5H3,(H,23,24)/t20-/m1/s1. The molecule has 0 fully saturated rings. The van der Waals surface area contributed by atoms with Gasteiger partial charge in [0, 0.05) is 26.2 Å². The lowest BCUT2D eigenvalue weighted by molar-refractivity contribution is -0.142. The Balaban J connectivity index is 2.12. The molecule has 0 aromatic heterocycles. The lowest BCUT2D eigenvalue weighted by Gasteiger charge is -2.18. The third kappa shape index (κ3) is 6.26. The molecule has 1 atom stereocenters. The summed E-state index contributed by atoms with van der Waals surface area (Å²) < 4.78 is 27.0. The molecule has 0 saturated heterocycles. The molecule has 0 aliphatic heterocycles. The van der Waals surface area contributed by atoms with E-state index in [1.54, 1.807) is 24.3 Å². The second kappa shape index (κ2) is 10.5. The average Bonchev–Trinajstić information content (AvgIpc) is 2.75. The summed E-state index contributed by atoms with van der Waals surface area (Å²) in [6.07, 6.45) is 0.419. The minimum atomic E-state index is -3.19. The van der Waals surface area contributed by atoms with Crippen molar-refractivity contribution in [2.24, 2.45) is 0 Å². The van der Waals surface area contributed by atoms with Gasteiger partial charge >= 0.3 is 13.6 Å². The molecule has 0 heterocycles. The fourth-order valence-electron chi connectivity index (χ4n) is 2.93. The Morgan fingerprint density at radius 2 is 1.53 bits per heavy atom. The Bertz CT molecular complexity index is 933.